The minimum Gasteiger partial charge on any atom is -0.357 e. The predicted octanol–water partition coefficient (Wildman–Crippen LogP) is 4.04. The van der Waals surface area contributed by atoms with Crippen molar-refractivity contribution >= 4 is 33.4 Å². The zero-order chi connectivity index (χ0) is 26.9. The van der Waals surface area contributed by atoms with Gasteiger partial charge in [0, 0.05) is 24.2 Å². The van der Waals surface area contributed by atoms with Crippen LogP contribution in [0.4, 0.5) is 13.2 Å². The fourth-order valence-electron chi connectivity index (χ4n) is 4.17. The van der Waals surface area contributed by atoms with Crippen LogP contribution in [-0.4, -0.2) is 60.6 Å². The number of carbonyl (C=O) groups is 1. The van der Waals surface area contributed by atoms with Gasteiger partial charge in [0.15, 0.2) is 0 Å². The zero-order valence-corrected chi connectivity index (χ0v) is 22.3. The first-order valence-electron chi connectivity index (χ1n) is 11.7. The fourth-order valence-corrected chi connectivity index (χ4v) is 6.23. The number of aliphatic imine (C=N–C) groups is 1. The number of amides is 1. The third-order valence-corrected chi connectivity index (χ3v) is 8.46. The standard InChI is InChI=1S/C24H32ClF3N4O3S/c1-15(2)14-36(34,35)32(13-16-5-7-18(25)8-6-16)19-11-17(12-19)21-30-20(23(3,4)31-21)22(33)29-10-9-24(26,27)28/h5-8,11,15,19-20H,9-10,12-14H2,1-4H3,(H,29,33)(H,30,31)/t19?,20-/m0/s1. The second kappa shape index (κ2) is 10.7. The molecule has 0 saturated carbocycles. The molecule has 36 heavy (non-hydrogen) atoms. The Bertz CT molecular complexity index is 1130. The Balaban J connectivity index is 1.73. The average Bonchev–Trinajstić information content (AvgIpc) is 3.00. The smallest absolute Gasteiger partial charge is 0.357 e. The van der Waals surface area contributed by atoms with Crippen molar-refractivity contribution in [3.63, 3.8) is 0 Å². The van der Waals surface area contributed by atoms with E-state index in [2.05, 4.69) is 15.6 Å². The van der Waals surface area contributed by atoms with Gasteiger partial charge < -0.3 is 10.6 Å². The number of nitrogens with zero attached hydrogens (tertiary/aromatic N) is 2. The summed E-state index contributed by atoms with van der Waals surface area (Å²) in [4.78, 5) is 17.1. The van der Waals surface area contributed by atoms with E-state index in [1.54, 1.807) is 44.2 Å². The van der Waals surface area contributed by atoms with E-state index in [0.717, 1.165) is 11.1 Å². The minimum absolute atomic E-state index is 0.00661. The van der Waals surface area contributed by atoms with Crippen molar-refractivity contribution in [2.24, 2.45) is 10.9 Å². The summed E-state index contributed by atoms with van der Waals surface area (Å²) < 4.78 is 65.1. The van der Waals surface area contributed by atoms with Gasteiger partial charge in [-0.3, -0.25) is 9.79 Å². The molecule has 0 spiro atoms. The van der Waals surface area contributed by atoms with Gasteiger partial charge in [-0.1, -0.05) is 43.7 Å². The molecule has 1 amide bonds. The summed E-state index contributed by atoms with van der Waals surface area (Å²) in [6, 6.07) is 5.78. The van der Waals surface area contributed by atoms with Crippen LogP contribution in [0.15, 0.2) is 40.9 Å². The van der Waals surface area contributed by atoms with Crippen molar-refractivity contribution in [3.05, 3.63) is 46.5 Å². The van der Waals surface area contributed by atoms with Crippen molar-refractivity contribution in [1.82, 2.24) is 14.9 Å². The van der Waals surface area contributed by atoms with Crippen molar-refractivity contribution in [3.8, 4) is 0 Å². The second-order valence-electron chi connectivity index (χ2n) is 10.2. The topological polar surface area (TPSA) is 90.9 Å². The lowest BCUT2D eigenvalue weighted by atomic mass is 9.91. The van der Waals surface area contributed by atoms with Crippen molar-refractivity contribution in [1.29, 1.82) is 0 Å². The molecule has 3 rings (SSSR count). The molecule has 1 aliphatic carbocycles. The van der Waals surface area contributed by atoms with E-state index in [4.69, 9.17) is 11.6 Å². The van der Waals surface area contributed by atoms with E-state index >= 15 is 0 Å². The largest absolute Gasteiger partial charge is 0.390 e. The Morgan fingerprint density at radius 3 is 2.44 bits per heavy atom. The van der Waals surface area contributed by atoms with Gasteiger partial charge in [0.25, 0.3) is 0 Å². The number of amidine groups is 1. The molecule has 1 aliphatic heterocycles. The van der Waals surface area contributed by atoms with Crippen molar-refractivity contribution in [2.75, 3.05) is 12.3 Å². The Morgan fingerprint density at radius 1 is 1.28 bits per heavy atom. The van der Waals surface area contributed by atoms with Crippen LogP contribution in [0.3, 0.4) is 0 Å². The normalized spacial score (nSPS) is 21.6. The monoisotopic (exact) mass is 548 g/mol. The van der Waals surface area contributed by atoms with Crippen LogP contribution in [0, 0.1) is 5.92 Å². The number of carbonyl (C=O) groups excluding carboxylic acids is 1. The lowest BCUT2D eigenvalue weighted by Gasteiger charge is -2.36. The molecule has 7 nitrogen and oxygen atoms in total. The number of alkyl halides is 3. The summed E-state index contributed by atoms with van der Waals surface area (Å²) in [5.74, 6) is -0.153. The average molecular weight is 549 g/mol. The Kier molecular flexibility index (Phi) is 8.47. The second-order valence-corrected chi connectivity index (χ2v) is 12.6. The van der Waals surface area contributed by atoms with Crippen LogP contribution in [0.5, 0.6) is 0 Å². The van der Waals surface area contributed by atoms with Gasteiger partial charge in [-0.25, -0.2) is 8.42 Å². The SMILES string of the molecule is CC(C)CS(=O)(=O)N(Cc1ccc(Cl)cc1)C1C=C(C2=NC(C)(C)[C@H](C(=O)NCCC(F)(F)F)N2)C1. The number of hydrogen-bond acceptors (Lipinski definition) is 5. The van der Waals surface area contributed by atoms with Crippen molar-refractivity contribution < 1.29 is 26.4 Å². The van der Waals surface area contributed by atoms with Crippen LogP contribution in [0.2, 0.25) is 5.02 Å². The molecular weight excluding hydrogens is 517 g/mol. The molecule has 2 atom stereocenters. The highest BCUT2D eigenvalue weighted by Crippen LogP contribution is 2.33. The summed E-state index contributed by atoms with van der Waals surface area (Å²) in [6.45, 7) is 6.81. The third kappa shape index (κ3) is 7.23. The lowest BCUT2D eigenvalue weighted by molar-refractivity contribution is -0.136. The van der Waals surface area contributed by atoms with Gasteiger partial charge in [0.05, 0.1) is 17.7 Å². The molecule has 1 aromatic rings. The molecule has 12 heteroatoms. The molecule has 0 bridgehead atoms. The molecular formula is C24H32ClF3N4O3S. The van der Waals surface area contributed by atoms with Crippen LogP contribution >= 0.6 is 11.6 Å². The van der Waals surface area contributed by atoms with Gasteiger partial charge in [-0.05, 0) is 49.5 Å². The fraction of sp³-hybridized carbons (Fsp3) is 0.583. The maximum Gasteiger partial charge on any atom is 0.390 e. The van der Waals surface area contributed by atoms with Crippen molar-refractivity contribution in [2.45, 2.75) is 70.9 Å². The molecule has 0 radical (unpaired) electrons. The number of rotatable bonds is 10. The van der Waals surface area contributed by atoms with Crippen LogP contribution in [0.1, 0.15) is 46.1 Å². The van der Waals surface area contributed by atoms with E-state index in [-0.39, 0.29) is 24.3 Å². The van der Waals surface area contributed by atoms with E-state index in [0.29, 0.717) is 17.3 Å². The van der Waals surface area contributed by atoms with Crippen LogP contribution in [0.25, 0.3) is 0 Å². The first-order valence-corrected chi connectivity index (χ1v) is 13.7. The highest BCUT2D eigenvalue weighted by Gasteiger charge is 2.44. The Hall–Kier alpha value is -2.11. The molecule has 0 saturated heterocycles. The maximum absolute atomic E-state index is 13.2. The van der Waals surface area contributed by atoms with Gasteiger partial charge in [0.2, 0.25) is 15.9 Å². The van der Waals surface area contributed by atoms with Gasteiger partial charge >= 0.3 is 6.18 Å². The molecule has 1 aromatic carbocycles. The number of hydrogen-bond donors (Lipinski definition) is 2. The summed E-state index contributed by atoms with van der Waals surface area (Å²) in [6.07, 6.45) is -3.26. The minimum atomic E-state index is -4.35. The lowest BCUT2D eigenvalue weighted by Crippen LogP contribution is -2.53. The molecule has 0 fully saturated rings. The van der Waals surface area contributed by atoms with Gasteiger partial charge in [0.1, 0.15) is 11.9 Å². The predicted molar refractivity (Wildman–Crippen MR) is 134 cm³/mol. The molecule has 1 unspecified atom stereocenters. The summed E-state index contributed by atoms with van der Waals surface area (Å²) in [7, 11) is -3.57. The summed E-state index contributed by atoms with van der Waals surface area (Å²) in [5, 5.41) is 5.90. The van der Waals surface area contributed by atoms with Gasteiger partial charge in [-0.15, -0.1) is 0 Å². The first-order chi connectivity index (χ1) is 16.6. The quantitative estimate of drug-likeness (QED) is 0.462. The van der Waals surface area contributed by atoms with E-state index < -0.39 is 46.7 Å². The van der Waals surface area contributed by atoms with Gasteiger partial charge in [-0.2, -0.15) is 17.5 Å². The molecule has 2 aliphatic rings. The van der Waals surface area contributed by atoms with E-state index in [1.165, 1.54) is 4.31 Å². The van der Waals surface area contributed by atoms with Crippen LogP contribution in [-0.2, 0) is 21.4 Å². The summed E-state index contributed by atoms with van der Waals surface area (Å²) in [5.41, 5.74) is 0.692. The molecule has 1 heterocycles. The van der Waals surface area contributed by atoms with E-state index in [1.807, 2.05) is 13.8 Å². The van der Waals surface area contributed by atoms with E-state index in [9.17, 15) is 26.4 Å². The maximum atomic E-state index is 13.2. The first kappa shape index (κ1) is 28.5. The Labute approximate surface area is 215 Å². The van der Waals surface area contributed by atoms with Crippen LogP contribution < -0.4 is 10.6 Å². The molecule has 2 N–H and O–H groups in total. The molecule has 0 aromatic heterocycles. The number of nitrogens with one attached hydrogen (secondary N) is 2. The summed E-state index contributed by atoms with van der Waals surface area (Å²) >= 11 is 5.96. The number of halogens is 4. The zero-order valence-electron chi connectivity index (χ0n) is 20.7. The number of benzene rings is 1. The molecule has 200 valence electrons. The number of sulfonamides is 1. The third-order valence-electron chi connectivity index (χ3n) is 6.01. The highest BCUT2D eigenvalue weighted by molar-refractivity contribution is 7.89. The Morgan fingerprint density at radius 2 is 1.89 bits per heavy atom. The highest BCUT2D eigenvalue weighted by atomic mass is 35.5.